The quantitative estimate of drug-likeness (QED) is 0.252. The Morgan fingerprint density at radius 1 is 1.29 bits per heavy atom. The van der Waals surface area contributed by atoms with Crippen molar-refractivity contribution in [3.63, 3.8) is 0 Å². The van der Waals surface area contributed by atoms with Crippen molar-refractivity contribution in [1.82, 2.24) is 15.5 Å². The van der Waals surface area contributed by atoms with Crippen LogP contribution in [0, 0.1) is 11.8 Å². The van der Waals surface area contributed by atoms with Crippen LogP contribution in [0.25, 0.3) is 0 Å². The molecule has 2 aliphatic heterocycles. The Morgan fingerprint density at radius 3 is 2.88 bits per heavy atom. The molecule has 142 valence electrons. The third kappa shape index (κ3) is 8.82. The number of hydrogen-bond donors (Lipinski definition) is 2. The van der Waals surface area contributed by atoms with Gasteiger partial charge in [0.2, 0.25) is 0 Å². The zero-order valence-corrected chi connectivity index (χ0v) is 17.6. The first kappa shape index (κ1) is 21.9. The van der Waals surface area contributed by atoms with Crippen molar-refractivity contribution in [3.8, 4) is 0 Å². The molecule has 0 saturated carbocycles. The molecular weight excluding hydrogens is 419 g/mol. The maximum Gasteiger partial charge on any atom is 0.190 e. The standard InChI is InChI=1S/C17H34N4O2.HI/c1-18-17(20-11-15-5-3-8-21(2)12-15)19-7-4-9-22-13-16-6-10-23-14-16;/h15-16H,3-14H2,1-2H3,(H2,18,19,20);1H. The molecular formula is C17H35IN4O2. The maximum absolute atomic E-state index is 5.71. The van der Waals surface area contributed by atoms with Crippen LogP contribution >= 0.6 is 24.0 Å². The van der Waals surface area contributed by atoms with Crippen molar-refractivity contribution in [2.24, 2.45) is 16.8 Å². The van der Waals surface area contributed by atoms with E-state index < -0.39 is 0 Å². The van der Waals surface area contributed by atoms with Crippen LogP contribution < -0.4 is 10.6 Å². The third-order valence-corrected chi connectivity index (χ3v) is 4.64. The Labute approximate surface area is 164 Å². The number of rotatable bonds is 8. The molecule has 0 bridgehead atoms. The molecule has 2 N–H and O–H groups in total. The number of aliphatic imine (C=N–C) groups is 1. The highest BCUT2D eigenvalue weighted by Crippen LogP contribution is 2.14. The van der Waals surface area contributed by atoms with Crippen molar-refractivity contribution < 1.29 is 9.47 Å². The number of nitrogens with zero attached hydrogens (tertiary/aromatic N) is 2. The molecule has 7 heteroatoms. The SMILES string of the molecule is CN=C(NCCCOCC1CCOC1)NCC1CCCN(C)C1.I. The molecule has 2 unspecified atom stereocenters. The number of ether oxygens (including phenoxy) is 2. The van der Waals surface area contributed by atoms with E-state index >= 15 is 0 Å². The number of likely N-dealkylation sites (tertiary alicyclic amines) is 1. The molecule has 2 aliphatic rings. The summed E-state index contributed by atoms with van der Waals surface area (Å²) in [5, 5.41) is 6.82. The van der Waals surface area contributed by atoms with Crippen LogP contribution in [0.3, 0.4) is 0 Å². The second kappa shape index (κ2) is 13.1. The summed E-state index contributed by atoms with van der Waals surface area (Å²) in [5.74, 6) is 2.23. The lowest BCUT2D eigenvalue weighted by molar-refractivity contribution is 0.0888. The van der Waals surface area contributed by atoms with Gasteiger partial charge in [0.05, 0.1) is 13.2 Å². The topological polar surface area (TPSA) is 58.1 Å². The molecule has 24 heavy (non-hydrogen) atoms. The molecule has 6 nitrogen and oxygen atoms in total. The van der Waals surface area contributed by atoms with Gasteiger partial charge in [-0.15, -0.1) is 24.0 Å². The Hall–Kier alpha value is -0.120. The van der Waals surface area contributed by atoms with Crippen LogP contribution in [0.4, 0.5) is 0 Å². The van der Waals surface area contributed by atoms with E-state index in [9.17, 15) is 0 Å². The molecule has 2 heterocycles. The second-order valence-corrected chi connectivity index (χ2v) is 6.81. The highest BCUT2D eigenvalue weighted by molar-refractivity contribution is 14.0. The average molecular weight is 454 g/mol. The molecule has 0 aromatic carbocycles. The van der Waals surface area contributed by atoms with Crippen LogP contribution in [0.15, 0.2) is 4.99 Å². The fraction of sp³-hybridized carbons (Fsp3) is 0.941. The predicted octanol–water partition coefficient (Wildman–Crippen LogP) is 1.55. The van der Waals surface area contributed by atoms with Gasteiger partial charge in [-0.25, -0.2) is 0 Å². The van der Waals surface area contributed by atoms with Crippen molar-refractivity contribution in [1.29, 1.82) is 0 Å². The van der Waals surface area contributed by atoms with Crippen molar-refractivity contribution >= 4 is 29.9 Å². The molecule has 2 rings (SSSR count). The summed E-state index contributed by atoms with van der Waals surface area (Å²) >= 11 is 0. The number of guanidine groups is 1. The van der Waals surface area contributed by atoms with E-state index in [1.807, 2.05) is 7.05 Å². The minimum Gasteiger partial charge on any atom is -0.381 e. The van der Waals surface area contributed by atoms with E-state index in [1.54, 1.807) is 0 Å². The van der Waals surface area contributed by atoms with Crippen LogP contribution in [-0.2, 0) is 9.47 Å². The summed E-state index contributed by atoms with van der Waals surface area (Å²) in [6, 6.07) is 0. The Balaban J connectivity index is 0.00000288. The largest absolute Gasteiger partial charge is 0.381 e. The smallest absolute Gasteiger partial charge is 0.190 e. The molecule has 0 radical (unpaired) electrons. The van der Waals surface area contributed by atoms with Crippen LogP contribution in [0.1, 0.15) is 25.7 Å². The minimum atomic E-state index is 0. The van der Waals surface area contributed by atoms with Gasteiger partial charge in [-0.3, -0.25) is 4.99 Å². The van der Waals surface area contributed by atoms with E-state index in [-0.39, 0.29) is 24.0 Å². The zero-order chi connectivity index (χ0) is 16.3. The molecule has 2 saturated heterocycles. The first-order valence-electron chi connectivity index (χ1n) is 9.06. The van der Waals surface area contributed by atoms with Gasteiger partial charge in [-0.1, -0.05) is 0 Å². The van der Waals surface area contributed by atoms with Gasteiger partial charge in [-0.2, -0.15) is 0 Å². The minimum absolute atomic E-state index is 0. The maximum atomic E-state index is 5.71. The fourth-order valence-corrected chi connectivity index (χ4v) is 3.25. The first-order chi connectivity index (χ1) is 11.3. The third-order valence-electron chi connectivity index (χ3n) is 4.64. The lowest BCUT2D eigenvalue weighted by atomic mass is 9.99. The molecule has 0 amide bonds. The molecule has 0 spiro atoms. The van der Waals surface area contributed by atoms with E-state index in [4.69, 9.17) is 9.47 Å². The molecule has 0 aromatic rings. The monoisotopic (exact) mass is 454 g/mol. The summed E-state index contributed by atoms with van der Waals surface area (Å²) in [6.45, 7) is 7.71. The molecule has 2 fully saturated rings. The second-order valence-electron chi connectivity index (χ2n) is 6.81. The molecule has 2 atom stereocenters. The van der Waals surface area contributed by atoms with Crippen molar-refractivity contribution in [3.05, 3.63) is 0 Å². The summed E-state index contributed by atoms with van der Waals surface area (Å²) in [4.78, 5) is 6.71. The zero-order valence-electron chi connectivity index (χ0n) is 15.3. The van der Waals surface area contributed by atoms with Gasteiger partial charge in [0.15, 0.2) is 5.96 Å². The number of nitrogens with one attached hydrogen (secondary N) is 2. The number of piperidine rings is 1. The number of halogens is 1. The van der Waals surface area contributed by atoms with Gasteiger partial charge >= 0.3 is 0 Å². The number of hydrogen-bond acceptors (Lipinski definition) is 4. The van der Waals surface area contributed by atoms with E-state index in [0.29, 0.717) is 5.92 Å². The Bertz CT molecular complexity index is 351. The van der Waals surface area contributed by atoms with E-state index in [1.165, 1.54) is 25.9 Å². The summed E-state index contributed by atoms with van der Waals surface area (Å²) in [7, 11) is 4.04. The van der Waals surface area contributed by atoms with Crippen LogP contribution in [0.2, 0.25) is 0 Å². The van der Waals surface area contributed by atoms with Crippen molar-refractivity contribution in [2.75, 3.05) is 66.7 Å². The van der Waals surface area contributed by atoms with Crippen molar-refractivity contribution in [2.45, 2.75) is 25.7 Å². The highest BCUT2D eigenvalue weighted by Gasteiger charge is 2.17. The first-order valence-corrected chi connectivity index (χ1v) is 9.06. The molecule has 0 aromatic heterocycles. The highest BCUT2D eigenvalue weighted by atomic mass is 127. The Morgan fingerprint density at radius 2 is 2.17 bits per heavy atom. The lowest BCUT2D eigenvalue weighted by Gasteiger charge is -2.30. The predicted molar refractivity (Wildman–Crippen MR) is 109 cm³/mol. The Kier molecular flexibility index (Phi) is 12.0. The molecule has 0 aliphatic carbocycles. The van der Waals surface area contributed by atoms with Gasteiger partial charge in [0, 0.05) is 45.8 Å². The van der Waals surface area contributed by atoms with Crippen LogP contribution in [-0.4, -0.2) is 77.6 Å². The lowest BCUT2D eigenvalue weighted by Crippen LogP contribution is -2.43. The van der Waals surface area contributed by atoms with Gasteiger partial charge < -0.3 is 25.0 Å². The van der Waals surface area contributed by atoms with E-state index in [2.05, 4.69) is 27.6 Å². The fourth-order valence-electron chi connectivity index (χ4n) is 3.25. The van der Waals surface area contributed by atoms with E-state index in [0.717, 1.165) is 64.2 Å². The van der Waals surface area contributed by atoms with Gasteiger partial charge in [-0.05, 0) is 45.2 Å². The van der Waals surface area contributed by atoms with Gasteiger partial charge in [0.1, 0.15) is 0 Å². The normalized spacial score (nSPS) is 25.3. The summed E-state index contributed by atoms with van der Waals surface area (Å²) in [5.41, 5.74) is 0. The summed E-state index contributed by atoms with van der Waals surface area (Å²) in [6.07, 6.45) is 4.76. The average Bonchev–Trinajstić information content (AvgIpc) is 3.07. The van der Waals surface area contributed by atoms with Crippen LogP contribution in [0.5, 0.6) is 0 Å². The van der Waals surface area contributed by atoms with Gasteiger partial charge in [0.25, 0.3) is 0 Å². The summed E-state index contributed by atoms with van der Waals surface area (Å²) < 4.78 is 11.1.